The number of halogens is 2. The molecule has 0 saturated heterocycles. The highest BCUT2D eigenvalue weighted by molar-refractivity contribution is 5.75. The van der Waals surface area contributed by atoms with Crippen molar-refractivity contribution in [2.45, 2.75) is 32.7 Å². The average Bonchev–Trinajstić information content (AvgIpc) is 2.16. The summed E-state index contributed by atoms with van der Waals surface area (Å²) in [5.74, 6) is -0.103. The fraction of sp³-hybridized carbons (Fsp3) is 0.900. The van der Waals surface area contributed by atoms with Crippen LogP contribution in [0.15, 0.2) is 0 Å². The van der Waals surface area contributed by atoms with Crippen LogP contribution in [-0.2, 0) is 9.53 Å². The highest BCUT2D eigenvalue weighted by Gasteiger charge is 2.03. The van der Waals surface area contributed by atoms with Crippen molar-refractivity contribution in [3.8, 4) is 0 Å². The monoisotopic (exact) mass is 238 g/mol. The van der Waals surface area contributed by atoms with Gasteiger partial charge in [0.1, 0.15) is 6.61 Å². The minimum Gasteiger partial charge on any atom is -0.374 e. The molecule has 0 spiro atoms. The second-order valence-electron chi connectivity index (χ2n) is 3.67. The van der Waals surface area contributed by atoms with Crippen LogP contribution in [0.25, 0.3) is 0 Å². The van der Waals surface area contributed by atoms with Gasteiger partial charge in [-0.05, 0) is 0 Å². The SMILES string of the molecule is CC(C)NCCC(=O)NCCOCC(F)F. The molecule has 0 aliphatic rings. The molecule has 0 saturated carbocycles. The number of nitrogens with one attached hydrogen (secondary N) is 2. The Balaban J connectivity index is 3.24. The summed E-state index contributed by atoms with van der Waals surface area (Å²) in [4.78, 5) is 11.2. The average molecular weight is 238 g/mol. The predicted molar refractivity (Wildman–Crippen MR) is 57.6 cm³/mol. The molecule has 0 aliphatic carbocycles. The molecule has 0 fully saturated rings. The lowest BCUT2D eigenvalue weighted by Gasteiger charge is -2.08. The molecule has 0 aromatic rings. The highest BCUT2D eigenvalue weighted by Crippen LogP contribution is 1.91. The molecule has 0 radical (unpaired) electrons. The van der Waals surface area contributed by atoms with Crippen molar-refractivity contribution in [3.05, 3.63) is 0 Å². The third kappa shape index (κ3) is 11.3. The van der Waals surface area contributed by atoms with Crippen LogP contribution in [-0.4, -0.2) is 44.7 Å². The molecule has 0 heterocycles. The van der Waals surface area contributed by atoms with Gasteiger partial charge in [0.2, 0.25) is 5.91 Å². The van der Waals surface area contributed by atoms with E-state index >= 15 is 0 Å². The summed E-state index contributed by atoms with van der Waals surface area (Å²) in [6.07, 6.45) is -2.07. The second-order valence-corrected chi connectivity index (χ2v) is 3.67. The maximum absolute atomic E-state index is 11.6. The number of rotatable bonds is 9. The molecule has 0 aliphatic heterocycles. The van der Waals surface area contributed by atoms with E-state index in [1.165, 1.54) is 0 Å². The number of carbonyl (C=O) groups is 1. The molecule has 0 aromatic heterocycles. The van der Waals surface area contributed by atoms with Crippen molar-refractivity contribution in [2.75, 3.05) is 26.3 Å². The molecular weight excluding hydrogens is 218 g/mol. The molecule has 0 aromatic carbocycles. The van der Waals surface area contributed by atoms with E-state index in [4.69, 9.17) is 0 Å². The third-order valence-electron chi connectivity index (χ3n) is 1.72. The summed E-state index contributed by atoms with van der Waals surface area (Å²) >= 11 is 0. The lowest BCUT2D eigenvalue weighted by atomic mass is 10.3. The zero-order valence-corrected chi connectivity index (χ0v) is 9.76. The van der Waals surface area contributed by atoms with Gasteiger partial charge in [-0.25, -0.2) is 8.78 Å². The molecular formula is C10H20F2N2O2. The summed E-state index contributed by atoms with van der Waals surface area (Å²) in [6, 6.07) is 0.349. The number of amides is 1. The van der Waals surface area contributed by atoms with E-state index in [1.807, 2.05) is 13.8 Å². The quantitative estimate of drug-likeness (QED) is 0.583. The number of carbonyl (C=O) groups excluding carboxylic acids is 1. The van der Waals surface area contributed by atoms with Crippen LogP contribution in [0, 0.1) is 0 Å². The molecule has 0 unspecified atom stereocenters. The normalized spacial score (nSPS) is 11.1. The lowest BCUT2D eigenvalue weighted by molar-refractivity contribution is -0.121. The van der Waals surface area contributed by atoms with Crippen LogP contribution in [0.2, 0.25) is 0 Å². The Bertz CT molecular complexity index is 190. The van der Waals surface area contributed by atoms with Gasteiger partial charge in [0.25, 0.3) is 6.43 Å². The first-order valence-electron chi connectivity index (χ1n) is 5.38. The van der Waals surface area contributed by atoms with Crippen molar-refractivity contribution in [2.24, 2.45) is 0 Å². The van der Waals surface area contributed by atoms with Gasteiger partial charge < -0.3 is 15.4 Å². The van der Waals surface area contributed by atoms with Crippen LogP contribution < -0.4 is 10.6 Å². The zero-order valence-electron chi connectivity index (χ0n) is 9.76. The lowest BCUT2D eigenvalue weighted by Crippen LogP contribution is -2.32. The van der Waals surface area contributed by atoms with Gasteiger partial charge >= 0.3 is 0 Å². The Kier molecular flexibility index (Phi) is 9.03. The number of hydrogen-bond donors (Lipinski definition) is 2. The van der Waals surface area contributed by atoms with Crippen molar-refractivity contribution < 1.29 is 18.3 Å². The van der Waals surface area contributed by atoms with Crippen molar-refractivity contribution in [1.29, 1.82) is 0 Å². The molecule has 1 amide bonds. The van der Waals surface area contributed by atoms with Crippen LogP contribution in [0.3, 0.4) is 0 Å². The predicted octanol–water partition coefficient (Wildman–Crippen LogP) is 0.772. The molecule has 0 atom stereocenters. The number of alkyl halides is 2. The maximum atomic E-state index is 11.6. The number of hydrogen-bond acceptors (Lipinski definition) is 3. The molecule has 0 bridgehead atoms. The first kappa shape index (κ1) is 15.2. The largest absolute Gasteiger partial charge is 0.374 e. The standard InChI is InChI=1S/C10H20F2N2O2/c1-8(2)13-4-3-10(15)14-5-6-16-7-9(11)12/h8-9,13H,3-7H2,1-2H3,(H,14,15). The Morgan fingerprint density at radius 2 is 2.00 bits per heavy atom. The van der Waals surface area contributed by atoms with Crippen molar-refractivity contribution >= 4 is 5.91 Å². The zero-order chi connectivity index (χ0) is 12.4. The van der Waals surface area contributed by atoms with Crippen molar-refractivity contribution in [1.82, 2.24) is 10.6 Å². The van der Waals surface area contributed by atoms with Gasteiger partial charge in [0.05, 0.1) is 6.61 Å². The van der Waals surface area contributed by atoms with Crippen LogP contribution >= 0.6 is 0 Å². The fourth-order valence-corrected chi connectivity index (χ4v) is 0.998. The summed E-state index contributed by atoms with van der Waals surface area (Å²) in [7, 11) is 0. The van der Waals surface area contributed by atoms with E-state index in [9.17, 15) is 13.6 Å². The van der Waals surface area contributed by atoms with E-state index in [0.717, 1.165) is 0 Å². The summed E-state index contributed by atoms with van der Waals surface area (Å²) in [5, 5.41) is 5.68. The number of ether oxygens (including phenoxy) is 1. The topological polar surface area (TPSA) is 50.4 Å². The molecule has 2 N–H and O–H groups in total. The molecule has 6 heteroatoms. The molecule has 4 nitrogen and oxygen atoms in total. The minimum atomic E-state index is -2.45. The molecule has 16 heavy (non-hydrogen) atoms. The van der Waals surface area contributed by atoms with Gasteiger partial charge in [0.15, 0.2) is 0 Å². The van der Waals surface area contributed by atoms with E-state index in [0.29, 0.717) is 19.0 Å². The molecule has 0 rings (SSSR count). The summed E-state index contributed by atoms with van der Waals surface area (Å²) in [5.41, 5.74) is 0. The van der Waals surface area contributed by atoms with E-state index < -0.39 is 13.0 Å². The highest BCUT2D eigenvalue weighted by atomic mass is 19.3. The maximum Gasteiger partial charge on any atom is 0.261 e. The van der Waals surface area contributed by atoms with Crippen LogP contribution in [0.4, 0.5) is 8.78 Å². The van der Waals surface area contributed by atoms with Gasteiger partial charge in [0, 0.05) is 25.6 Å². The van der Waals surface area contributed by atoms with Gasteiger partial charge in [-0.1, -0.05) is 13.8 Å². The van der Waals surface area contributed by atoms with Crippen molar-refractivity contribution in [3.63, 3.8) is 0 Å². The van der Waals surface area contributed by atoms with Gasteiger partial charge in [-0.3, -0.25) is 4.79 Å². The van der Waals surface area contributed by atoms with E-state index in [1.54, 1.807) is 0 Å². The van der Waals surface area contributed by atoms with Crippen LogP contribution in [0.1, 0.15) is 20.3 Å². The van der Waals surface area contributed by atoms with Gasteiger partial charge in [-0.2, -0.15) is 0 Å². The summed E-state index contributed by atoms with van der Waals surface area (Å²) < 4.78 is 27.9. The Hall–Kier alpha value is -0.750. The fourth-order valence-electron chi connectivity index (χ4n) is 0.998. The first-order valence-corrected chi connectivity index (χ1v) is 5.38. The Morgan fingerprint density at radius 3 is 2.56 bits per heavy atom. The minimum absolute atomic E-state index is 0.103. The summed E-state index contributed by atoms with van der Waals surface area (Å²) in [6.45, 7) is 4.42. The van der Waals surface area contributed by atoms with Crippen LogP contribution in [0.5, 0.6) is 0 Å². The molecule has 96 valence electrons. The second kappa shape index (κ2) is 9.47. The van der Waals surface area contributed by atoms with Gasteiger partial charge in [-0.15, -0.1) is 0 Å². The van der Waals surface area contributed by atoms with E-state index in [2.05, 4.69) is 15.4 Å². The smallest absolute Gasteiger partial charge is 0.261 e. The Morgan fingerprint density at radius 1 is 1.31 bits per heavy atom. The Labute approximate surface area is 94.7 Å². The third-order valence-corrected chi connectivity index (χ3v) is 1.72. The first-order chi connectivity index (χ1) is 7.52. The van der Waals surface area contributed by atoms with E-state index in [-0.39, 0.29) is 19.1 Å².